The van der Waals surface area contributed by atoms with Crippen LogP contribution < -0.4 is 9.47 Å². The number of amides is 1. The van der Waals surface area contributed by atoms with Crippen LogP contribution in [0.2, 0.25) is 0 Å². The molecule has 2 aromatic carbocycles. The van der Waals surface area contributed by atoms with Crippen LogP contribution in [-0.2, 0) is 9.53 Å². The van der Waals surface area contributed by atoms with Gasteiger partial charge in [-0.15, -0.1) is 0 Å². The van der Waals surface area contributed by atoms with Crippen LogP contribution in [-0.4, -0.2) is 56.3 Å². The van der Waals surface area contributed by atoms with E-state index in [0.29, 0.717) is 32.7 Å². The summed E-state index contributed by atoms with van der Waals surface area (Å²) in [5.74, 6) is 1.43. The largest absolute Gasteiger partial charge is 0.497 e. The van der Waals surface area contributed by atoms with Crippen molar-refractivity contribution in [2.45, 2.75) is 12.3 Å². The predicted octanol–water partition coefficient (Wildman–Crippen LogP) is 3.57. The molecule has 1 fully saturated rings. The van der Waals surface area contributed by atoms with Gasteiger partial charge in [0.1, 0.15) is 11.5 Å². The molecule has 2 heterocycles. The van der Waals surface area contributed by atoms with Gasteiger partial charge in [-0.2, -0.15) is 0 Å². The zero-order valence-corrected chi connectivity index (χ0v) is 16.8. The number of aromatic amines is 1. The third-order valence-electron chi connectivity index (χ3n) is 5.56. The molecule has 0 bridgehead atoms. The number of para-hydroxylation sites is 1. The summed E-state index contributed by atoms with van der Waals surface area (Å²) in [4.78, 5) is 18.4. The molecule has 1 aromatic heterocycles. The normalized spacial score (nSPS) is 15.3. The van der Waals surface area contributed by atoms with E-state index in [2.05, 4.69) is 11.1 Å². The Kier molecular flexibility index (Phi) is 5.71. The van der Waals surface area contributed by atoms with Gasteiger partial charge in [-0.1, -0.05) is 24.3 Å². The molecule has 1 N–H and O–H groups in total. The van der Waals surface area contributed by atoms with E-state index in [1.807, 2.05) is 47.5 Å². The molecule has 1 atom stereocenters. The Morgan fingerprint density at radius 2 is 1.90 bits per heavy atom. The lowest BCUT2D eigenvalue weighted by atomic mass is 9.87. The molecular weight excluding hydrogens is 368 g/mol. The Morgan fingerprint density at radius 1 is 1.10 bits per heavy atom. The number of rotatable bonds is 6. The first-order valence-corrected chi connectivity index (χ1v) is 9.84. The Balaban J connectivity index is 1.76. The predicted molar refractivity (Wildman–Crippen MR) is 112 cm³/mol. The molecule has 29 heavy (non-hydrogen) atoms. The third kappa shape index (κ3) is 3.93. The lowest BCUT2D eigenvalue weighted by molar-refractivity contribution is -0.135. The maximum absolute atomic E-state index is 13.1. The highest BCUT2D eigenvalue weighted by molar-refractivity contribution is 5.86. The summed E-state index contributed by atoms with van der Waals surface area (Å²) in [5.41, 5.74) is 3.11. The summed E-state index contributed by atoms with van der Waals surface area (Å²) < 4.78 is 16.4. The monoisotopic (exact) mass is 394 g/mol. The number of carbonyl (C=O) groups excluding carboxylic acids is 1. The standard InChI is InChI=1S/C23H26N2O4/c1-27-16-7-8-18(22(13-16)28-2)19(14-23(26)25-9-11-29-12-10-25)20-15-24-21-6-4-3-5-17(20)21/h3-8,13,15,19,24H,9-12,14H2,1-2H3/t19-/m1/s1. The van der Waals surface area contributed by atoms with Crippen LogP contribution in [0.4, 0.5) is 0 Å². The Bertz CT molecular complexity index is 991. The van der Waals surface area contributed by atoms with Crippen molar-refractivity contribution in [1.29, 1.82) is 0 Å². The van der Waals surface area contributed by atoms with Gasteiger partial charge < -0.3 is 24.1 Å². The second kappa shape index (κ2) is 8.57. The number of ether oxygens (including phenoxy) is 3. The molecule has 3 aromatic rings. The minimum Gasteiger partial charge on any atom is -0.497 e. The van der Waals surface area contributed by atoms with Crippen molar-refractivity contribution in [1.82, 2.24) is 9.88 Å². The van der Waals surface area contributed by atoms with E-state index in [-0.39, 0.29) is 11.8 Å². The zero-order chi connectivity index (χ0) is 20.2. The minimum atomic E-state index is -0.137. The van der Waals surface area contributed by atoms with E-state index >= 15 is 0 Å². The molecule has 0 aliphatic carbocycles. The molecule has 0 saturated carbocycles. The van der Waals surface area contributed by atoms with Crippen molar-refractivity contribution >= 4 is 16.8 Å². The van der Waals surface area contributed by atoms with Gasteiger partial charge in [0.15, 0.2) is 0 Å². The first-order valence-electron chi connectivity index (χ1n) is 9.84. The zero-order valence-electron chi connectivity index (χ0n) is 16.8. The number of aromatic nitrogens is 1. The summed E-state index contributed by atoms with van der Waals surface area (Å²) in [7, 11) is 3.28. The first-order chi connectivity index (χ1) is 14.2. The number of methoxy groups -OCH3 is 2. The molecule has 0 spiro atoms. The van der Waals surface area contributed by atoms with E-state index < -0.39 is 0 Å². The van der Waals surface area contributed by atoms with Gasteiger partial charge >= 0.3 is 0 Å². The van der Waals surface area contributed by atoms with Gasteiger partial charge in [-0.25, -0.2) is 0 Å². The molecule has 6 nitrogen and oxygen atoms in total. The molecule has 4 rings (SSSR count). The fraction of sp³-hybridized carbons (Fsp3) is 0.348. The molecule has 6 heteroatoms. The Hall–Kier alpha value is -2.99. The van der Waals surface area contributed by atoms with E-state index in [0.717, 1.165) is 33.5 Å². The summed E-state index contributed by atoms with van der Waals surface area (Å²) in [6.07, 6.45) is 2.37. The van der Waals surface area contributed by atoms with Crippen LogP contribution in [0.25, 0.3) is 10.9 Å². The van der Waals surface area contributed by atoms with Crippen LogP contribution in [0.5, 0.6) is 11.5 Å². The number of nitrogens with zero attached hydrogens (tertiary/aromatic N) is 1. The lowest BCUT2D eigenvalue weighted by Crippen LogP contribution is -2.41. The SMILES string of the molecule is COc1ccc([C@@H](CC(=O)N2CCOCC2)c2c[nH]c3ccccc23)c(OC)c1. The third-order valence-corrected chi connectivity index (χ3v) is 5.56. The van der Waals surface area contributed by atoms with Crippen LogP contribution >= 0.6 is 0 Å². The maximum atomic E-state index is 13.1. The highest BCUT2D eigenvalue weighted by atomic mass is 16.5. The topological polar surface area (TPSA) is 63.8 Å². The molecule has 0 unspecified atom stereocenters. The Labute approximate surface area is 170 Å². The maximum Gasteiger partial charge on any atom is 0.223 e. The van der Waals surface area contributed by atoms with E-state index in [1.165, 1.54) is 0 Å². The van der Waals surface area contributed by atoms with Gasteiger partial charge in [-0.3, -0.25) is 4.79 Å². The minimum absolute atomic E-state index is 0.126. The number of benzene rings is 2. The molecule has 152 valence electrons. The molecule has 0 radical (unpaired) electrons. The number of hydrogen-bond donors (Lipinski definition) is 1. The highest BCUT2D eigenvalue weighted by Gasteiger charge is 2.27. The van der Waals surface area contributed by atoms with Gasteiger partial charge in [0.05, 0.1) is 27.4 Å². The number of H-pyrrole nitrogens is 1. The fourth-order valence-corrected chi connectivity index (χ4v) is 3.99. The average Bonchev–Trinajstić information content (AvgIpc) is 3.21. The number of morpholine rings is 1. The molecule has 1 saturated heterocycles. The smallest absolute Gasteiger partial charge is 0.223 e. The van der Waals surface area contributed by atoms with E-state index in [1.54, 1.807) is 14.2 Å². The van der Waals surface area contributed by atoms with Crippen molar-refractivity contribution in [2.24, 2.45) is 0 Å². The lowest BCUT2D eigenvalue weighted by Gasteiger charge is -2.29. The van der Waals surface area contributed by atoms with E-state index in [4.69, 9.17) is 14.2 Å². The fourth-order valence-electron chi connectivity index (χ4n) is 3.99. The van der Waals surface area contributed by atoms with Crippen molar-refractivity contribution in [3.05, 3.63) is 59.8 Å². The average molecular weight is 394 g/mol. The molecule has 1 aliphatic heterocycles. The van der Waals surface area contributed by atoms with E-state index in [9.17, 15) is 4.79 Å². The number of carbonyl (C=O) groups is 1. The van der Waals surface area contributed by atoms with Crippen molar-refractivity contribution in [3.63, 3.8) is 0 Å². The number of nitrogens with one attached hydrogen (secondary N) is 1. The molecule has 1 amide bonds. The summed E-state index contributed by atoms with van der Waals surface area (Å²) in [5, 5.41) is 1.12. The van der Waals surface area contributed by atoms with Crippen LogP contribution in [0, 0.1) is 0 Å². The summed E-state index contributed by atoms with van der Waals surface area (Å²) >= 11 is 0. The van der Waals surface area contributed by atoms with Crippen molar-refractivity contribution in [3.8, 4) is 11.5 Å². The second-order valence-electron chi connectivity index (χ2n) is 7.15. The van der Waals surface area contributed by atoms with Crippen molar-refractivity contribution in [2.75, 3.05) is 40.5 Å². The van der Waals surface area contributed by atoms with Gasteiger partial charge in [0.2, 0.25) is 5.91 Å². The van der Waals surface area contributed by atoms with Gasteiger partial charge in [0, 0.05) is 54.2 Å². The number of fused-ring (bicyclic) bond motifs is 1. The van der Waals surface area contributed by atoms with Gasteiger partial charge in [-0.05, 0) is 17.7 Å². The van der Waals surface area contributed by atoms with Crippen LogP contribution in [0.1, 0.15) is 23.5 Å². The van der Waals surface area contributed by atoms with Gasteiger partial charge in [0.25, 0.3) is 0 Å². The second-order valence-corrected chi connectivity index (χ2v) is 7.15. The Morgan fingerprint density at radius 3 is 2.66 bits per heavy atom. The molecule has 1 aliphatic rings. The quantitative estimate of drug-likeness (QED) is 0.694. The molecular formula is C23H26N2O4. The van der Waals surface area contributed by atoms with Crippen LogP contribution in [0.15, 0.2) is 48.7 Å². The summed E-state index contributed by atoms with van der Waals surface area (Å²) in [6.45, 7) is 2.46. The number of hydrogen-bond acceptors (Lipinski definition) is 4. The van der Waals surface area contributed by atoms with Crippen molar-refractivity contribution < 1.29 is 19.0 Å². The summed E-state index contributed by atoms with van der Waals surface area (Å²) in [6, 6.07) is 13.9. The highest BCUT2D eigenvalue weighted by Crippen LogP contribution is 2.39. The first kappa shape index (κ1) is 19.3. The van der Waals surface area contributed by atoms with Crippen LogP contribution in [0.3, 0.4) is 0 Å².